The molecule has 0 saturated carbocycles. The van der Waals surface area contributed by atoms with Gasteiger partial charge < -0.3 is 14.6 Å². The van der Waals surface area contributed by atoms with Crippen molar-refractivity contribution in [3.8, 4) is 0 Å². The molecule has 16 heavy (non-hydrogen) atoms. The second-order valence-corrected chi connectivity index (χ2v) is 4.30. The summed E-state index contributed by atoms with van der Waals surface area (Å²) in [4.78, 5) is 11.2. The minimum atomic E-state index is -0.436. The molecule has 2 unspecified atom stereocenters. The molecule has 0 aromatic rings. The second-order valence-electron chi connectivity index (χ2n) is 4.30. The van der Waals surface area contributed by atoms with Crippen LogP contribution in [0.2, 0.25) is 0 Å². The standard InChI is InChI=1S/C12H22O4/c1-2-7-16-12(14)6-5-11(13)10-4-3-8-15-9-10/h10-11,13H,2-9H2,1H3. The van der Waals surface area contributed by atoms with E-state index in [1.807, 2.05) is 6.92 Å². The van der Waals surface area contributed by atoms with Crippen molar-refractivity contribution in [1.82, 2.24) is 0 Å². The molecule has 1 N–H and O–H groups in total. The van der Waals surface area contributed by atoms with E-state index in [1.54, 1.807) is 0 Å². The van der Waals surface area contributed by atoms with Crippen LogP contribution in [-0.4, -0.2) is 37.0 Å². The fraction of sp³-hybridized carbons (Fsp3) is 0.917. The number of aliphatic hydroxyl groups is 1. The molecule has 1 saturated heterocycles. The lowest BCUT2D eigenvalue weighted by Crippen LogP contribution is -2.29. The summed E-state index contributed by atoms with van der Waals surface area (Å²) in [5.41, 5.74) is 0. The van der Waals surface area contributed by atoms with Gasteiger partial charge in [-0.1, -0.05) is 6.92 Å². The maximum absolute atomic E-state index is 11.2. The molecule has 94 valence electrons. The van der Waals surface area contributed by atoms with Gasteiger partial charge in [-0.2, -0.15) is 0 Å². The van der Waals surface area contributed by atoms with E-state index in [4.69, 9.17) is 9.47 Å². The molecule has 1 heterocycles. The molecule has 0 aliphatic carbocycles. The fourth-order valence-electron chi connectivity index (χ4n) is 1.86. The summed E-state index contributed by atoms with van der Waals surface area (Å²) in [6, 6.07) is 0. The van der Waals surface area contributed by atoms with Crippen molar-refractivity contribution in [2.45, 2.75) is 45.1 Å². The highest BCUT2D eigenvalue weighted by atomic mass is 16.5. The average molecular weight is 230 g/mol. The van der Waals surface area contributed by atoms with Crippen molar-refractivity contribution in [2.75, 3.05) is 19.8 Å². The summed E-state index contributed by atoms with van der Waals surface area (Å²) in [7, 11) is 0. The van der Waals surface area contributed by atoms with Gasteiger partial charge in [0.25, 0.3) is 0 Å². The van der Waals surface area contributed by atoms with E-state index >= 15 is 0 Å². The molecule has 1 aliphatic heterocycles. The molecule has 0 amide bonds. The molecule has 1 fully saturated rings. The van der Waals surface area contributed by atoms with Crippen LogP contribution in [0.3, 0.4) is 0 Å². The Morgan fingerprint density at radius 3 is 3.06 bits per heavy atom. The van der Waals surface area contributed by atoms with Crippen LogP contribution in [0, 0.1) is 5.92 Å². The molecule has 0 radical (unpaired) electrons. The van der Waals surface area contributed by atoms with Crippen LogP contribution in [0.5, 0.6) is 0 Å². The van der Waals surface area contributed by atoms with E-state index in [-0.39, 0.29) is 11.9 Å². The van der Waals surface area contributed by atoms with Gasteiger partial charge in [-0.15, -0.1) is 0 Å². The molecule has 0 aromatic heterocycles. The van der Waals surface area contributed by atoms with E-state index in [1.165, 1.54) is 0 Å². The van der Waals surface area contributed by atoms with Gasteiger partial charge in [0, 0.05) is 18.9 Å². The number of hydrogen-bond donors (Lipinski definition) is 1. The monoisotopic (exact) mass is 230 g/mol. The number of aliphatic hydroxyl groups excluding tert-OH is 1. The lowest BCUT2D eigenvalue weighted by molar-refractivity contribution is -0.144. The third-order valence-corrected chi connectivity index (χ3v) is 2.85. The highest BCUT2D eigenvalue weighted by Crippen LogP contribution is 2.20. The summed E-state index contributed by atoms with van der Waals surface area (Å²) in [6.45, 7) is 3.84. The van der Waals surface area contributed by atoms with Crippen LogP contribution in [0.4, 0.5) is 0 Å². The quantitative estimate of drug-likeness (QED) is 0.703. The number of hydrogen-bond acceptors (Lipinski definition) is 4. The van der Waals surface area contributed by atoms with E-state index in [9.17, 15) is 9.90 Å². The van der Waals surface area contributed by atoms with Crippen LogP contribution in [-0.2, 0) is 14.3 Å². The Hall–Kier alpha value is -0.610. The third kappa shape index (κ3) is 4.94. The first kappa shape index (κ1) is 13.5. The van der Waals surface area contributed by atoms with Crippen molar-refractivity contribution in [3.63, 3.8) is 0 Å². The Labute approximate surface area is 96.9 Å². The first-order chi connectivity index (χ1) is 7.74. The predicted octanol–water partition coefficient (Wildman–Crippen LogP) is 1.51. The Balaban J connectivity index is 2.13. The molecular weight excluding hydrogens is 208 g/mol. The minimum absolute atomic E-state index is 0.188. The van der Waals surface area contributed by atoms with Crippen molar-refractivity contribution in [2.24, 2.45) is 5.92 Å². The minimum Gasteiger partial charge on any atom is -0.466 e. The Morgan fingerprint density at radius 1 is 1.62 bits per heavy atom. The van der Waals surface area contributed by atoms with Gasteiger partial charge in [-0.25, -0.2) is 0 Å². The van der Waals surface area contributed by atoms with Crippen molar-refractivity contribution >= 4 is 5.97 Å². The van der Waals surface area contributed by atoms with Crippen LogP contribution in [0.1, 0.15) is 39.0 Å². The number of ether oxygens (including phenoxy) is 2. The van der Waals surface area contributed by atoms with E-state index < -0.39 is 6.10 Å². The number of esters is 1. The van der Waals surface area contributed by atoms with Crippen LogP contribution in [0.25, 0.3) is 0 Å². The van der Waals surface area contributed by atoms with Crippen molar-refractivity contribution < 1.29 is 19.4 Å². The van der Waals surface area contributed by atoms with E-state index in [0.29, 0.717) is 26.1 Å². The lowest BCUT2D eigenvalue weighted by atomic mass is 9.93. The van der Waals surface area contributed by atoms with Gasteiger partial charge in [0.1, 0.15) is 0 Å². The number of rotatable bonds is 6. The van der Waals surface area contributed by atoms with E-state index in [2.05, 4.69) is 0 Å². The first-order valence-electron chi connectivity index (χ1n) is 6.15. The summed E-state index contributed by atoms with van der Waals surface area (Å²) in [6.07, 6.45) is 3.18. The second kappa shape index (κ2) is 7.63. The molecule has 4 heteroatoms. The van der Waals surface area contributed by atoms with Gasteiger partial charge in [-0.05, 0) is 25.7 Å². The Morgan fingerprint density at radius 2 is 2.44 bits per heavy atom. The van der Waals surface area contributed by atoms with Crippen LogP contribution in [0.15, 0.2) is 0 Å². The predicted molar refractivity (Wildman–Crippen MR) is 60.0 cm³/mol. The lowest BCUT2D eigenvalue weighted by Gasteiger charge is -2.26. The van der Waals surface area contributed by atoms with Gasteiger partial charge in [0.05, 0.1) is 19.3 Å². The summed E-state index contributed by atoms with van der Waals surface area (Å²) >= 11 is 0. The molecular formula is C12H22O4. The summed E-state index contributed by atoms with van der Waals surface area (Å²) < 4.78 is 10.2. The van der Waals surface area contributed by atoms with Gasteiger partial charge >= 0.3 is 5.97 Å². The molecule has 1 rings (SSSR count). The zero-order valence-electron chi connectivity index (χ0n) is 9.98. The third-order valence-electron chi connectivity index (χ3n) is 2.85. The molecule has 0 spiro atoms. The molecule has 1 aliphatic rings. The number of carbonyl (C=O) groups excluding carboxylic acids is 1. The Kier molecular flexibility index (Phi) is 6.42. The smallest absolute Gasteiger partial charge is 0.305 e. The molecule has 2 atom stereocenters. The van der Waals surface area contributed by atoms with Crippen molar-refractivity contribution in [1.29, 1.82) is 0 Å². The topological polar surface area (TPSA) is 55.8 Å². The average Bonchev–Trinajstić information content (AvgIpc) is 2.34. The highest BCUT2D eigenvalue weighted by molar-refractivity contribution is 5.69. The van der Waals surface area contributed by atoms with Gasteiger partial charge in [-0.3, -0.25) is 4.79 Å². The zero-order valence-corrected chi connectivity index (χ0v) is 9.98. The summed E-state index contributed by atoms with van der Waals surface area (Å²) in [5.74, 6) is -0.0228. The van der Waals surface area contributed by atoms with Gasteiger partial charge in [0.2, 0.25) is 0 Å². The molecule has 4 nitrogen and oxygen atoms in total. The van der Waals surface area contributed by atoms with Crippen molar-refractivity contribution in [3.05, 3.63) is 0 Å². The fourth-order valence-corrected chi connectivity index (χ4v) is 1.86. The highest BCUT2D eigenvalue weighted by Gasteiger charge is 2.22. The van der Waals surface area contributed by atoms with E-state index in [0.717, 1.165) is 25.9 Å². The number of carbonyl (C=O) groups is 1. The first-order valence-corrected chi connectivity index (χ1v) is 6.15. The normalized spacial score (nSPS) is 22.8. The maximum Gasteiger partial charge on any atom is 0.305 e. The SMILES string of the molecule is CCCOC(=O)CCC(O)C1CCCOC1. The van der Waals surface area contributed by atoms with Crippen LogP contribution < -0.4 is 0 Å². The molecule has 0 aromatic carbocycles. The van der Waals surface area contributed by atoms with Crippen LogP contribution >= 0.6 is 0 Å². The molecule has 0 bridgehead atoms. The summed E-state index contributed by atoms with van der Waals surface area (Å²) in [5, 5.41) is 9.86. The van der Waals surface area contributed by atoms with Gasteiger partial charge in [0.15, 0.2) is 0 Å². The zero-order chi connectivity index (χ0) is 11.8. The maximum atomic E-state index is 11.2. The largest absolute Gasteiger partial charge is 0.466 e. The Bertz CT molecular complexity index is 199.